The van der Waals surface area contributed by atoms with E-state index in [4.69, 9.17) is 0 Å². The van der Waals surface area contributed by atoms with Crippen molar-refractivity contribution in [3.05, 3.63) is 40.5 Å². The van der Waals surface area contributed by atoms with E-state index >= 15 is 0 Å². The lowest BCUT2D eigenvalue weighted by Crippen LogP contribution is -2.12. The van der Waals surface area contributed by atoms with Gasteiger partial charge in [-0.3, -0.25) is 0 Å². The number of halogens is 1. The Balaban J connectivity index is 2.12. The molecule has 0 saturated heterocycles. The van der Waals surface area contributed by atoms with Crippen LogP contribution in [0.3, 0.4) is 0 Å². The van der Waals surface area contributed by atoms with Crippen molar-refractivity contribution in [2.45, 2.75) is 0 Å². The second kappa shape index (κ2) is 4.52. The molecule has 1 N–H and O–H groups in total. The molecule has 18 heavy (non-hydrogen) atoms. The normalized spacial score (nSPS) is 10.8. The first kappa shape index (κ1) is 11.4. The Bertz CT molecular complexity index is 694. The molecule has 0 radical (unpaired) electrons. The van der Waals surface area contributed by atoms with Gasteiger partial charge in [-0.15, -0.1) is 0 Å². The highest BCUT2D eigenvalue weighted by Gasteiger charge is 2.11. The van der Waals surface area contributed by atoms with Gasteiger partial charge >= 0.3 is 0 Å². The molecule has 3 rings (SSSR count). The molecule has 0 unspecified atom stereocenters. The molecule has 0 saturated carbocycles. The number of aromatic nitrogens is 4. The van der Waals surface area contributed by atoms with E-state index in [0.717, 1.165) is 17.0 Å². The molecule has 0 spiro atoms. The van der Waals surface area contributed by atoms with Crippen LogP contribution in [0.2, 0.25) is 0 Å². The maximum atomic E-state index is 4.33. The summed E-state index contributed by atoms with van der Waals surface area (Å²) in [5, 5.41) is 0. The zero-order chi connectivity index (χ0) is 12.5. The number of hydrogen-bond acceptors (Lipinski definition) is 4. The Kier molecular flexibility index (Phi) is 2.86. The summed E-state index contributed by atoms with van der Waals surface area (Å²) in [6.45, 7) is 0. The smallest absolute Gasteiger partial charge is 0.182 e. The van der Waals surface area contributed by atoms with Crippen molar-refractivity contribution in [2.75, 3.05) is 11.9 Å². The minimum atomic E-state index is 0.678. The van der Waals surface area contributed by atoms with E-state index in [0.29, 0.717) is 5.65 Å². The van der Waals surface area contributed by atoms with Gasteiger partial charge in [-0.1, -0.05) is 6.07 Å². The van der Waals surface area contributed by atoms with Gasteiger partial charge in [0.15, 0.2) is 11.5 Å². The number of benzene rings is 1. The minimum Gasteiger partial charge on any atom is -0.340 e. The highest BCUT2D eigenvalue weighted by Crippen LogP contribution is 2.26. The van der Waals surface area contributed by atoms with Gasteiger partial charge in [0.05, 0.1) is 6.33 Å². The summed E-state index contributed by atoms with van der Waals surface area (Å²) in [6.07, 6.45) is 3.16. The number of anilines is 2. The van der Waals surface area contributed by atoms with Gasteiger partial charge in [0, 0.05) is 16.3 Å². The van der Waals surface area contributed by atoms with Crippen molar-refractivity contribution in [3.63, 3.8) is 0 Å². The molecule has 6 heteroatoms. The largest absolute Gasteiger partial charge is 0.340 e. The molecule has 2 aromatic heterocycles. The Hall–Kier alpha value is -1.70. The van der Waals surface area contributed by atoms with Crippen LogP contribution in [-0.4, -0.2) is 27.0 Å². The second-order valence-electron chi connectivity index (χ2n) is 3.84. The third-order valence-corrected chi connectivity index (χ3v) is 3.39. The number of imidazole rings is 1. The number of nitrogens with zero attached hydrogens (tertiary/aromatic N) is 4. The Morgan fingerprint density at radius 3 is 2.94 bits per heavy atom. The Labute approximate surface area is 117 Å². The molecular weight excluding hydrogens is 341 g/mol. The molecule has 1 aromatic carbocycles. The number of aromatic amines is 1. The first-order valence-electron chi connectivity index (χ1n) is 5.39. The average molecular weight is 351 g/mol. The van der Waals surface area contributed by atoms with Crippen LogP contribution in [0.5, 0.6) is 0 Å². The topological polar surface area (TPSA) is 57.7 Å². The van der Waals surface area contributed by atoms with Crippen LogP contribution < -0.4 is 4.90 Å². The van der Waals surface area contributed by atoms with Gasteiger partial charge in [-0.25, -0.2) is 15.0 Å². The summed E-state index contributed by atoms with van der Waals surface area (Å²) in [6, 6.07) is 8.24. The third-order valence-electron chi connectivity index (χ3n) is 2.72. The van der Waals surface area contributed by atoms with E-state index in [1.54, 1.807) is 6.33 Å². The quantitative estimate of drug-likeness (QED) is 0.722. The van der Waals surface area contributed by atoms with Gasteiger partial charge in [-0.2, -0.15) is 0 Å². The molecule has 0 fully saturated rings. The summed E-state index contributed by atoms with van der Waals surface area (Å²) < 4.78 is 1.19. The maximum absolute atomic E-state index is 4.33. The number of H-pyrrole nitrogens is 1. The van der Waals surface area contributed by atoms with Gasteiger partial charge < -0.3 is 9.88 Å². The summed E-state index contributed by atoms with van der Waals surface area (Å²) in [5.74, 6) is 0.819. The molecule has 0 aliphatic rings. The first-order valence-corrected chi connectivity index (χ1v) is 6.47. The van der Waals surface area contributed by atoms with Crippen LogP contribution in [0.15, 0.2) is 36.9 Å². The molecule has 0 atom stereocenters. The predicted octanol–water partition coefficient (Wildman–Crippen LogP) is 2.73. The second-order valence-corrected chi connectivity index (χ2v) is 5.08. The fourth-order valence-electron chi connectivity index (χ4n) is 1.81. The standard InChI is InChI=1S/C12H10IN5/c1-18(9-4-2-3-8(13)5-9)12-10-11(15-6-14-10)16-7-17-12/h2-7H,1H3,(H,14,15,16,17). The van der Waals surface area contributed by atoms with Crippen LogP contribution in [0, 0.1) is 3.57 Å². The third kappa shape index (κ3) is 1.92. The zero-order valence-corrected chi connectivity index (χ0v) is 11.8. The molecule has 3 aromatic rings. The van der Waals surface area contributed by atoms with Gasteiger partial charge in [0.1, 0.15) is 11.8 Å². The number of fused-ring (bicyclic) bond motifs is 1. The lowest BCUT2D eigenvalue weighted by molar-refractivity contribution is 1.10. The fourth-order valence-corrected chi connectivity index (χ4v) is 2.34. The van der Waals surface area contributed by atoms with E-state index in [9.17, 15) is 0 Å². The van der Waals surface area contributed by atoms with Crippen molar-refractivity contribution >= 4 is 45.3 Å². The molecule has 5 nitrogen and oxygen atoms in total. The van der Waals surface area contributed by atoms with Crippen LogP contribution in [0.1, 0.15) is 0 Å². The van der Waals surface area contributed by atoms with Crippen molar-refractivity contribution < 1.29 is 0 Å². The molecule has 0 bridgehead atoms. The maximum Gasteiger partial charge on any atom is 0.182 e. The number of rotatable bonds is 2. The first-order chi connectivity index (χ1) is 8.75. The summed E-state index contributed by atoms with van der Waals surface area (Å²) in [4.78, 5) is 17.7. The summed E-state index contributed by atoms with van der Waals surface area (Å²) >= 11 is 2.30. The van der Waals surface area contributed by atoms with E-state index in [-0.39, 0.29) is 0 Å². The van der Waals surface area contributed by atoms with Crippen LogP contribution in [0.4, 0.5) is 11.5 Å². The lowest BCUT2D eigenvalue weighted by Gasteiger charge is -2.18. The van der Waals surface area contributed by atoms with Crippen molar-refractivity contribution in [2.24, 2.45) is 0 Å². The van der Waals surface area contributed by atoms with Gasteiger partial charge in [-0.05, 0) is 40.8 Å². The van der Waals surface area contributed by atoms with E-state index in [2.05, 4.69) is 54.7 Å². The van der Waals surface area contributed by atoms with E-state index < -0.39 is 0 Å². The molecule has 0 aliphatic heterocycles. The summed E-state index contributed by atoms with van der Waals surface area (Å²) in [5.41, 5.74) is 2.60. The predicted molar refractivity (Wildman–Crippen MR) is 78.9 cm³/mol. The van der Waals surface area contributed by atoms with Crippen LogP contribution in [-0.2, 0) is 0 Å². The Morgan fingerprint density at radius 1 is 1.22 bits per heavy atom. The highest BCUT2D eigenvalue weighted by molar-refractivity contribution is 14.1. The van der Waals surface area contributed by atoms with Crippen LogP contribution in [0.25, 0.3) is 11.2 Å². The highest BCUT2D eigenvalue weighted by atomic mass is 127. The average Bonchev–Trinajstić information content (AvgIpc) is 2.86. The molecule has 0 amide bonds. The lowest BCUT2D eigenvalue weighted by atomic mass is 10.3. The zero-order valence-electron chi connectivity index (χ0n) is 9.63. The number of hydrogen-bond donors (Lipinski definition) is 1. The number of nitrogens with one attached hydrogen (secondary N) is 1. The van der Waals surface area contributed by atoms with Crippen LogP contribution >= 0.6 is 22.6 Å². The molecule has 90 valence electrons. The minimum absolute atomic E-state index is 0.678. The monoisotopic (exact) mass is 351 g/mol. The fraction of sp³-hybridized carbons (Fsp3) is 0.0833. The van der Waals surface area contributed by atoms with Gasteiger partial charge in [0.2, 0.25) is 0 Å². The van der Waals surface area contributed by atoms with Crippen molar-refractivity contribution in [1.82, 2.24) is 19.9 Å². The van der Waals surface area contributed by atoms with Gasteiger partial charge in [0.25, 0.3) is 0 Å². The van der Waals surface area contributed by atoms with E-state index in [1.165, 1.54) is 9.90 Å². The summed E-state index contributed by atoms with van der Waals surface area (Å²) in [7, 11) is 1.98. The van der Waals surface area contributed by atoms with E-state index in [1.807, 2.05) is 24.1 Å². The van der Waals surface area contributed by atoms with Crippen molar-refractivity contribution in [1.29, 1.82) is 0 Å². The molecule has 0 aliphatic carbocycles. The van der Waals surface area contributed by atoms with Crippen molar-refractivity contribution in [3.8, 4) is 0 Å². The molecule has 2 heterocycles. The Morgan fingerprint density at radius 2 is 2.11 bits per heavy atom. The SMILES string of the molecule is CN(c1cccc(I)c1)c1ncnc2nc[nH]c12. The molecular formula is C12H10IN5.